The predicted molar refractivity (Wildman–Crippen MR) is 104 cm³/mol. The van der Waals surface area contributed by atoms with Crippen molar-refractivity contribution in [2.24, 2.45) is 5.41 Å². The van der Waals surface area contributed by atoms with Gasteiger partial charge in [0.2, 0.25) is 0 Å². The number of carbonyl (C=O) groups is 1. The van der Waals surface area contributed by atoms with Crippen molar-refractivity contribution in [3.05, 3.63) is 33.1 Å². The van der Waals surface area contributed by atoms with Crippen LogP contribution in [0.2, 0.25) is 5.02 Å². The molecule has 2 aromatic heterocycles. The SMILES string of the molecule is COCCCOc1nn2c(c1Cl)-c1cc(=O)c(C(=O)O)cn1C(C(C)(C)C)C2. The highest BCUT2D eigenvalue weighted by molar-refractivity contribution is 6.34. The van der Waals surface area contributed by atoms with E-state index in [1.807, 2.05) is 4.57 Å². The van der Waals surface area contributed by atoms with Crippen molar-refractivity contribution in [2.75, 3.05) is 20.3 Å². The van der Waals surface area contributed by atoms with E-state index in [9.17, 15) is 14.7 Å². The third kappa shape index (κ3) is 3.66. The lowest BCUT2D eigenvalue weighted by Crippen LogP contribution is -2.35. The molecule has 1 aliphatic rings. The van der Waals surface area contributed by atoms with Crippen LogP contribution < -0.4 is 10.2 Å². The van der Waals surface area contributed by atoms with Gasteiger partial charge in [0.25, 0.3) is 5.88 Å². The maximum absolute atomic E-state index is 12.3. The van der Waals surface area contributed by atoms with Gasteiger partial charge in [-0.2, -0.15) is 0 Å². The molecule has 1 N–H and O–H groups in total. The summed E-state index contributed by atoms with van der Waals surface area (Å²) in [5.41, 5.74) is 0.0380. The van der Waals surface area contributed by atoms with Gasteiger partial charge in [0.05, 0.1) is 24.9 Å². The molecule has 0 saturated carbocycles. The van der Waals surface area contributed by atoms with Gasteiger partial charge in [-0.15, -0.1) is 5.10 Å². The Morgan fingerprint density at radius 1 is 1.39 bits per heavy atom. The van der Waals surface area contributed by atoms with Gasteiger partial charge in [0, 0.05) is 32.4 Å². The molecule has 0 bridgehead atoms. The second-order valence-electron chi connectivity index (χ2n) is 7.88. The standard InChI is InChI=1S/C19H24ClN3O5/c1-19(2,3)14-10-23-16(15(20)17(21-23)28-7-5-6-27-4)12-8-13(24)11(18(25)26)9-22(12)14/h8-9,14H,5-7,10H2,1-4H3,(H,25,26). The summed E-state index contributed by atoms with van der Waals surface area (Å²) in [5.74, 6) is -0.955. The average molecular weight is 410 g/mol. The van der Waals surface area contributed by atoms with Crippen LogP contribution in [-0.2, 0) is 11.3 Å². The fourth-order valence-electron chi connectivity index (χ4n) is 3.36. The van der Waals surface area contributed by atoms with Crippen LogP contribution in [0.1, 0.15) is 43.6 Å². The normalized spacial score (nSPS) is 15.8. The molecule has 0 fully saturated rings. The molecule has 0 saturated heterocycles. The first kappa shape index (κ1) is 20.4. The predicted octanol–water partition coefficient (Wildman–Crippen LogP) is 3.08. The quantitative estimate of drug-likeness (QED) is 0.736. The Balaban J connectivity index is 2.11. The van der Waals surface area contributed by atoms with Crippen molar-refractivity contribution in [2.45, 2.75) is 39.8 Å². The first-order valence-corrected chi connectivity index (χ1v) is 9.40. The number of rotatable bonds is 6. The van der Waals surface area contributed by atoms with E-state index in [1.165, 1.54) is 12.3 Å². The molecule has 1 unspecified atom stereocenters. The third-order valence-electron chi connectivity index (χ3n) is 4.83. The zero-order valence-corrected chi connectivity index (χ0v) is 17.1. The molecule has 3 rings (SSSR count). The van der Waals surface area contributed by atoms with Crippen LogP contribution in [-0.4, -0.2) is 45.7 Å². The number of carboxylic acid groups (broad SMARTS) is 1. The summed E-state index contributed by atoms with van der Waals surface area (Å²) in [4.78, 5) is 23.8. The van der Waals surface area contributed by atoms with E-state index in [2.05, 4.69) is 25.9 Å². The molecule has 0 aliphatic carbocycles. The number of hydrogen-bond acceptors (Lipinski definition) is 5. The number of halogens is 1. The van der Waals surface area contributed by atoms with Gasteiger partial charge >= 0.3 is 5.97 Å². The van der Waals surface area contributed by atoms with Gasteiger partial charge in [-0.25, -0.2) is 4.79 Å². The second kappa shape index (κ2) is 7.60. The Morgan fingerprint density at radius 3 is 2.71 bits per heavy atom. The summed E-state index contributed by atoms with van der Waals surface area (Å²) in [6.07, 6.45) is 2.10. The summed E-state index contributed by atoms with van der Waals surface area (Å²) < 4.78 is 14.3. The Morgan fingerprint density at radius 2 is 2.11 bits per heavy atom. The highest BCUT2D eigenvalue weighted by atomic mass is 35.5. The molecular formula is C19H24ClN3O5. The molecule has 28 heavy (non-hydrogen) atoms. The molecule has 1 aliphatic heterocycles. The Bertz CT molecular complexity index is 958. The van der Waals surface area contributed by atoms with Crippen LogP contribution in [0, 0.1) is 5.41 Å². The number of hydrogen-bond donors (Lipinski definition) is 1. The van der Waals surface area contributed by atoms with Crippen LogP contribution in [0.5, 0.6) is 5.88 Å². The molecule has 9 heteroatoms. The lowest BCUT2D eigenvalue weighted by Gasteiger charge is -2.38. The number of aromatic carboxylic acids is 1. The maximum atomic E-state index is 12.3. The van der Waals surface area contributed by atoms with E-state index < -0.39 is 11.4 Å². The molecule has 2 aromatic rings. The van der Waals surface area contributed by atoms with Gasteiger partial charge in [0.15, 0.2) is 5.43 Å². The van der Waals surface area contributed by atoms with E-state index in [0.717, 1.165) is 0 Å². The summed E-state index contributed by atoms with van der Waals surface area (Å²) in [6.45, 7) is 7.61. The van der Waals surface area contributed by atoms with Crippen LogP contribution >= 0.6 is 11.6 Å². The minimum absolute atomic E-state index is 0.119. The molecule has 0 radical (unpaired) electrons. The Hall–Kier alpha value is -2.32. The minimum Gasteiger partial charge on any atom is -0.477 e. The first-order chi connectivity index (χ1) is 13.1. The van der Waals surface area contributed by atoms with Crippen LogP contribution in [0.4, 0.5) is 0 Å². The molecule has 0 spiro atoms. The first-order valence-electron chi connectivity index (χ1n) is 9.03. The number of carboxylic acids is 1. The van der Waals surface area contributed by atoms with Crippen molar-refractivity contribution >= 4 is 17.6 Å². The van der Waals surface area contributed by atoms with Gasteiger partial charge < -0.3 is 19.1 Å². The largest absolute Gasteiger partial charge is 0.477 e. The fraction of sp³-hybridized carbons (Fsp3) is 0.526. The number of methoxy groups -OCH3 is 1. The smallest absolute Gasteiger partial charge is 0.341 e. The summed E-state index contributed by atoms with van der Waals surface area (Å²) in [7, 11) is 1.62. The molecule has 8 nitrogen and oxygen atoms in total. The maximum Gasteiger partial charge on any atom is 0.341 e. The summed E-state index contributed by atoms with van der Waals surface area (Å²) >= 11 is 6.53. The molecule has 0 aromatic carbocycles. The molecule has 152 valence electrons. The lowest BCUT2D eigenvalue weighted by molar-refractivity contribution is 0.0693. The van der Waals surface area contributed by atoms with Gasteiger partial charge in [-0.05, 0) is 5.41 Å². The Kier molecular flexibility index (Phi) is 5.54. The highest BCUT2D eigenvalue weighted by Gasteiger charge is 2.36. The van der Waals surface area contributed by atoms with Crippen molar-refractivity contribution in [3.63, 3.8) is 0 Å². The zero-order chi connectivity index (χ0) is 20.6. The lowest BCUT2D eigenvalue weighted by atomic mass is 9.85. The van der Waals surface area contributed by atoms with Gasteiger partial charge in [-0.3, -0.25) is 9.48 Å². The molecular weight excluding hydrogens is 386 g/mol. The third-order valence-corrected chi connectivity index (χ3v) is 5.17. The van der Waals surface area contributed by atoms with Crippen molar-refractivity contribution in [1.82, 2.24) is 14.3 Å². The number of nitrogens with zero attached hydrogens (tertiary/aromatic N) is 3. The van der Waals surface area contributed by atoms with E-state index in [4.69, 9.17) is 21.1 Å². The van der Waals surface area contributed by atoms with Crippen molar-refractivity contribution in [3.8, 4) is 17.3 Å². The fourth-order valence-corrected chi connectivity index (χ4v) is 3.65. The molecule has 3 heterocycles. The minimum atomic E-state index is -1.25. The monoisotopic (exact) mass is 409 g/mol. The topological polar surface area (TPSA) is 95.6 Å². The zero-order valence-electron chi connectivity index (χ0n) is 16.4. The average Bonchev–Trinajstić information content (AvgIpc) is 2.92. The number of ether oxygens (including phenoxy) is 2. The number of aromatic nitrogens is 3. The van der Waals surface area contributed by atoms with Gasteiger partial charge in [-0.1, -0.05) is 32.4 Å². The van der Waals surface area contributed by atoms with Crippen LogP contribution in [0.15, 0.2) is 17.1 Å². The molecule has 1 atom stereocenters. The van der Waals surface area contributed by atoms with E-state index in [0.29, 0.717) is 48.5 Å². The Labute approximate surface area is 167 Å². The molecule has 0 amide bonds. The van der Waals surface area contributed by atoms with E-state index >= 15 is 0 Å². The number of fused-ring (bicyclic) bond motifs is 3. The summed E-state index contributed by atoms with van der Waals surface area (Å²) in [5, 5.41) is 14.2. The summed E-state index contributed by atoms with van der Waals surface area (Å²) in [6, 6.07) is 1.20. The van der Waals surface area contributed by atoms with Crippen molar-refractivity contribution in [1.29, 1.82) is 0 Å². The van der Waals surface area contributed by atoms with E-state index in [-0.39, 0.29) is 17.0 Å². The number of pyridine rings is 1. The highest BCUT2D eigenvalue weighted by Crippen LogP contribution is 2.44. The van der Waals surface area contributed by atoms with Crippen molar-refractivity contribution < 1.29 is 19.4 Å². The second-order valence-corrected chi connectivity index (χ2v) is 8.25. The van der Waals surface area contributed by atoms with Crippen LogP contribution in [0.25, 0.3) is 11.4 Å². The van der Waals surface area contributed by atoms with Crippen LogP contribution in [0.3, 0.4) is 0 Å². The van der Waals surface area contributed by atoms with E-state index in [1.54, 1.807) is 11.8 Å². The van der Waals surface area contributed by atoms with Gasteiger partial charge in [0.1, 0.15) is 16.3 Å².